The fourth-order valence-corrected chi connectivity index (χ4v) is 4.53. The Balaban J connectivity index is 1.64. The summed E-state index contributed by atoms with van der Waals surface area (Å²) in [5.41, 5.74) is 1.39. The molecule has 1 amide bonds. The summed E-state index contributed by atoms with van der Waals surface area (Å²) in [6, 6.07) is 11.4. The molecule has 0 spiro atoms. The number of likely N-dealkylation sites (tertiary alicyclic amines) is 2. The highest BCUT2D eigenvalue weighted by Crippen LogP contribution is 2.31. The van der Waals surface area contributed by atoms with Crippen molar-refractivity contribution in [3.63, 3.8) is 0 Å². The maximum Gasteiger partial charge on any atom is 0.243 e. The normalized spacial score (nSPS) is 22.5. The van der Waals surface area contributed by atoms with Gasteiger partial charge in [0.25, 0.3) is 0 Å². The van der Waals surface area contributed by atoms with Crippen LogP contribution in [-0.2, 0) is 16.1 Å². The summed E-state index contributed by atoms with van der Waals surface area (Å²) in [4.78, 5) is 23.3. The van der Waals surface area contributed by atoms with Gasteiger partial charge in [-0.15, -0.1) is 0 Å². The molecule has 2 atom stereocenters. The third kappa shape index (κ3) is 6.19. The number of carbonyl (C=O) groups excluding carboxylic acids is 1. The van der Waals surface area contributed by atoms with E-state index in [0.717, 1.165) is 32.0 Å². The molecule has 1 aromatic carbocycles. The number of likely N-dealkylation sites (N-methyl/N-ethyl adjacent to an activating group) is 1. The Labute approximate surface area is 181 Å². The van der Waals surface area contributed by atoms with E-state index in [0.29, 0.717) is 25.1 Å². The van der Waals surface area contributed by atoms with E-state index < -0.39 is 0 Å². The molecule has 166 valence electrons. The van der Waals surface area contributed by atoms with Crippen molar-refractivity contribution >= 4 is 11.9 Å². The molecule has 0 aliphatic carbocycles. The van der Waals surface area contributed by atoms with Crippen molar-refractivity contribution in [2.75, 3.05) is 60.5 Å². The third-order valence-corrected chi connectivity index (χ3v) is 6.16. The zero-order valence-electron chi connectivity index (χ0n) is 18.7. The number of nitrogens with one attached hydrogen (secondary N) is 1. The second-order valence-corrected chi connectivity index (χ2v) is 8.51. The molecule has 30 heavy (non-hydrogen) atoms. The lowest BCUT2D eigenvalue weighted by Crippen LogP contribution is -2.57. The Morgan fingerprint density at radius 3 is 2.77 bits per heavy atom. The minimum absolute atomic E-state index is 0.0163. The quantitative estimate of drug-likeness (QED) is 0.417. The first-order valence-electron chi connectivity index (χ1n) is 11.1. The van der Waals surface area contributed by atoms with Gasteiger partial charge in [-0.2, -0.15) is 0 Å². The minimum Gasteiger partial charge on any atom is -0.383 e. The summed E-state index contributed by atoms with van der Waals surface area (Å²) in [5.74, 6) is 1.48. The summed E-state index contributed by atoms with van der Waals surface area (Å²) < 4.78 is 5.18. The molecule has 2 heterocycles. The number of guanidine groups is 1. The maximum absolute atomic E-state index is 12.0. The molecule has 2 aliphatic rings. The highest BCUT2D eigenvalue weighted by Gasteiger charge is 2.36. The molecule has 1 N–H and O–H groups in total. The van der Waals surface area contributed by atoms with E-state index >= 15 is 0 Å². The van der Waals surface area contributed by atoms with Gasteiger partial charge in [-0.3, -0.25) is 9.69 Å². The van der Waals surface area contributed by atoms with Gasteiger partial charge < -0.3 is 19.9 Å². The van der Waals surface area contributed by atoms with Crippen molar-refractivity contribution in [3.8, 4) is 0 Å². The van der Waals surface area contributed by atoms with Crippen LogP contribution < -0.4 is 5.32 Å². The lowest BCUT2D eigenvalue weighted by Gasteiger charge is -2.48. The molecule has 0 radical (unpaired) electrons. The average Bonchev–Trinajstić information content (AvgIpc) is 2.76. The van der Waals surface area contributed by atoms with Crippen LogP contribution >= 0.6 is 0 Å². The van der Waals surface area contributed by atoms with Crippen molar-refractivity contribution in [2.24, 2.45) is 10.9 Å². The highest BCUT2D eigenvalue weighted by molar-refractivity contribution is 5.85. The van der Waals surface area contributed by atoms with E-state index in [4.69, 9.17) is 4.74 Å². The second-order valence-electron chi connectivity index (χ2n) is 8.51. The van der Waals surface area contributed by atoms with Gasteiger partial charge >= 0.3 is 0 Å². The summed E-state index contributed by atoms with van der Waals surface area (Å²) in [5, 5.41) is 3.40. The first-order chi connectivity index (χ1) is 14.6. The Bertz CT molecular complexity index is 694. The topological polar surface area (TPSA) is 60.4 Å². The number of hydrogen-bond acceptors (Lipinski definition) is 4. The smallest absolute Gasteiger partial charge is 0.243 e. The Kier molecular flexibility index (Phi) is 8.51. The van der Waals surface area contributed by atoms with Crippen molar-refractivity contribution in [3.05, 3.63) is 35.9 Å². The van der Waals surface area contributed by atoms with Crippen LogP contribution in [0.3, 0.4) is 0 Å². The summed E-state index contributed by atoms with van der Waals surface area (Å²) in [6.07, 6.45) is 3.63. The molecule has 2 aliphatic heterocycles. The molecule has 7 heteroatoms. The number of amides is 1. The van der Waals surface area contributed by atoms with Gasteiger partial charge in [0.1, 0.15) is 6.54 Å². The predicted molar refractivity (Wildman–Crippen MR) is 120 cm³/mol. The standard InChI is InChI=1S/C23H37N5O2/c1-26(2)22(29)16-25-23(24-12-15-30-3)28-14-11-21-20(18-28)10-7-13-27(21)17-19-8-5-4-6-9-19/h4-6,8-9,20-21H,7,10-18H2,1-3H3,(H,24,25). The number of benzene rings is 1. The van der Waals surface area contributed by atoms with Crippen LogP contribution in [-0.4, -0.2) is 93.1 Å². The number of rotatable bonds is 7. The zero-order chi connectivity index (χ0) is 21.3. The number of methoxy groups -OCH3 is 1. The summed E-state index contributed by atoms with van der Waals surface area (Å²) in [6.45, 7) is 5.65. The minimum atomic E-state index is 0.0163. The number of aliphatic imine (C=N–C) groups is 1. The Hall–Kier alpha value is -2.12. The fraction of sp³-hybridized carbons (Fsp3) is 0.652. The van der Waals surface area contributed by atoms with Crippen LogP contribution in [0.4, 0.5) is 0 Å². The van der Waals surface area contributed by atoms with E-state index in [1.54, 1.807) is 26.1 Å². The van der Waals surface area contributed by atoms with Crippen LogP contribution in [0.5, 0.6) is 0 Å². The van der Waals surface area contributed by atoms with E-state index in [2.05, 4.69) is 50.4 Å². The van der Waals surface area contributed by atoms with Crippen molar-refractivity contribution < 1.29 is 9.53 Å². The first-order valence-corrected chi connectivity index (χ1v) is 11.1. The van der Waals surface area contributed by atoms with Crippen molar-refractivity contribution in [2.45, 2.75) is 31.8 Å². The van der Waals surface area contributed by atoms with Gasteiger partial charge in [0.2, 0.25) is 5.91 Å². The number of ether oxygens (including phenoxy) is 1. The van der Waals surface area contributed by atoms with E-state index in [1.807, 2.05) is 0 Å². The molecule has 7 nitrogen and oxygen atoms in total. The lowest BCUT2D eigenvalue weighted by molar-refractivity contribution is -0.127. The van der Waals surface area contributed by atoms with Crippen molar-refractivity contribution in [1.82, 2.24) is 20.0 Å². The van der Waals surface area contributed by atoms with Crippen LogP contribution in [0.2, 0.25) is 0 Å². The molecule has 2 fully saturated rings. The van der Waals surface area contributed by atoms with Crippen LogP contribution in [0.15, 0.2) is 35.3 Å². The first kappa shape index (κ1) is 22.6. The summed E-state index contributed by atoms with van der Waals surface area (Å²) >= 11 is 0. The molecular weight excluding hydrogens is 378 g/mol. The number of fused-ring (bicyclic) bond motifs is 1. The van der Waals surface area contributed by atoms with E-state index in [1.165, 1.54) is 24.9 Å². The molecule has 1 aromatic rings. The molecule has 0 saturated carbocycles. The zero-order valence-corrected chi connectivity index (χ0v) is 18.7. The highest BCUT2D eigenvalue weighted by atomic mass is 16.5. The summed E-state index contributed by atoms with van der Waals surface area (Å²) in [7, 11) is 5.23. The molecular formula is C23H37N5O2. The van der Waals surface area contributed by atoms with E-state index in [-0.39, 0.29) is 12.5 Å². The van der Waals surface area contributed by atoms with Gasteiger partial charge in [0, 0.05) is 53.4 Å². The molecule has 2 saturated heterocycles. The number of piperidine rings is 2. The molecule has 0 bridgehead atoms. The molecule has 2 unspecified atom stereocenters. The van der Waals surface area contributed by atoms with Crippen LogP contribution in [0.25, 0.3) is 0 Å². The number of nitrogens with zero attached hydrogens (tertiary/aromatic N) is 4. The third-order valence-electron chi connectivity index (χ3n) is 6.16. The Morgan fingerprint density at radius 2 is 2.03 bits per heavy atom. The lowest BCUT2D eigenvalue weighted by atomic mass is 9.83. The molecule has 0 aromatic heterocycles. The SMILES string of the molecule is COCCNC(=NCC(=O)N(C)C)N1CCC2C(CCCN2Cc2ccccc2)C1. The van der Waals surface area contributed by atoms with Crippen molar-refractivity contribution in [1.29, 1.82) is 0 Å². The van der Waals surface area contributed by atoms with Gasteiger partial charge in [-0.25, -0.2) is 4.99 Å². The average molecular weight is 416 g/mol. The van der Waals surface area contributed by atoms with E-state index in [9.17, 15) is 4.79 Å². The molecule has 3 rings (SSSR count). The predicted octanol–water partition coefficient (Wildman–Crippen LogP) is 1.65. The van der Waals surface area contributed by atoms with Gasteiger partial charge in [-0.05, 0) is 37.3 Å². The monoisotopic (exact) mass is 415 g/mol. The largest absolute Gasteiger partial charge is 0.383 e. The van der Waals surface area contributed by atoms with Crippen LogP contribution in [0.1, 0.15) is 24.8 Å². The second kappa shape index (κ2) is 11.3. The van der Waals surface area contributed by atoms with Crippen LogP contribution in [0, 0.1) is 5.92 Å². The van der Waals surface area contributed by atoms with Gasteiger partial charge in [0.15, 0.2) is 5.96 Å². The fourth-order valence-electron chi connectivity index (χ4n) is 4.53. The maximum atomic E-state index is 12.0. The van der Waals surface area contributed by atoms with Gasteiger partial charge in [0.05, 0.1) is 6.61 Å². The van der Waals surface area contributed by atoms with Gasteiger partial charge in [-0.1, -0.05) is 30.3 Å². The number of hydrogen-bond donors (Lipinski definition) is 1. The number of carbonyl (C=O) groups is 1. The Morgan fingerprint density at radius 1 is 1.23 bits per heavy atom.